The van der Waals surface area contributed by atoms with Crippen LogP contribution < -0.4 is 9.97 Å². The minimum Gasteiger partial charge on any atom is -0.534 e. The van der Waals surface area contributed by atoms with Crippen LogP contribution in [-0.2, 0) is 11.2 Å². The number of carboxylic acid groups (broad SMARTS) is 1. The summed E-state index contributed by atoms with van der Waals surface area (Å²) in [5, 5.41) is 21.8. The van der Waals surface area contributed by atoms with E-state index < -0.39 is 24.8 Å². The zero-order chi connectivity index (χ0) is 16.4. The SMILES string of the molecule is CSCC(=O)N[C@H]1Cc2cc(F)c(C)c(C(=O)O)c2OB1O. The Morgan fingerprint density at radius 2 is 2.27 bits per heavy atom. The van der Waals surface area contributed by atoms with Gasteiger partial charge in [0.2, 0.25) is 5.91 Å². The molecular weight excluding hydrogens is 312 g/mol. The van der Waals surface area contributed by atoms with Crippen molar-refractivity contribution in [1.82, 2.24) is 5.32 Å². The van der Waals surface area contributed by atoms with Crippen LogP contribution in [0.5, 0.6) is 5.75 Å². The number of thioether (sulfide) groups is 1. The van der Waals surface area contributed by atoms with Crippen LogP contribution in [0.1, 0.15) is 21.5 Å². The van der Waals surface area contributed by atoms with E-state index in [1.54, 1.807) is 6.26 Å². The number of amides is 1. The Hall–Kier alpha value is -1.74. The van der Waals surface area contributed by atoms with Gasteiger partial charge in [-0.2, -0.15) is 11.8 Å². The summed E-state index contributed by atoms with van der Waals surface area (Å²) in [5.41, 5.74) is -0.0495. The molecule has 1 heterocycles. The summed E-state index contributed by atoms with van der Waals surface area (Å²) >= 11 is 1.32. The van der Waals surface area contributed by atoms with Crippen LogP contribution in [0.15, 0.2) is 6.07 Å². The molecule has 2 rings (SSSR count). The first-order chi connectivity index (χ1) is 10.3. The van der Waals surface area contributed by atoms with Crippen molar-refractivity contribution in [3.05, 3.63) is 28.6 Å². The van der Waals surface area contributed by atoms with Gasteiger partial charge in [0.1, 0.15) is 17.1 Å². The molecule has 1 amide bonds. The highest BCUT2D eigenvalue weighted by Gasteiger charge is 2.38. The highest BCUT2D eigenvalue weighted by atomic mass is 32.2. The largest absolute Gasteiger partial charge is 0.547 e. The van der Waals surface area contributed by atoms with E-state index in [4.69, 9.17) is 4.65 Å². The lowest BCUT2D eigenvalue weighted by atomic mass is 9.72. The van der Waals surface area contributed by atoms with Crippen molar-refractivity contribution in [2.45, 2.75) is 19.3 Å². The van der Waals surface area contributed by atoms with E-state index in [0.717, 1.165) is 0 Å². The van der Waals surface area contributed by atoms with E-state index in [0.29, 0.717) is 5.56 Å². The van der Waals surface area contributed by atoms with Gasteiger partial charge in [-0.25, -0.2) is 9.18 Å². The molecule has 1 aromatic rings. The Morgan fingerprint density at radius 1 is 1.59 bits per heavy atom. The molecule has 0 aliphatic carbocycles. The topological polar surface area (TPSA) is 95.9 Å². The summed E-state index contributed by atoms with van der Waals surface area (Å²) in [7, 11) is -1.39. The molecule has 0 bridgehead atoms. The third kappa shape index (κ3) is 3.20. The molecule has 0 radical (unpaired) electrons. The predicted octanol–water partition coefficient (Wildman–Crippen LogP) is 0.635. The van der Waals surface area contributed by atoms with Crippen molar-refractivity contribution in [2.75, 3.05) is 12.0 Å². The fraction of sp³-hybridized carbons (Fsp3) is 0.385. The number of carboxylic acids is 1. The molecule has 118 valence electrons. The quantitative estimate of drug-likeness (QED) is 0.702. The normalized spacial score (nSPS) is 16.7. The predicted molar refractivity (Wildman–Crippen MR) is 80.7 cm³/mol. The second-order valence-corrected chi connectivity index (χ2v) is 5.84. The van der Waals surface area contributed by atoms with Crippen molar-refractivity contribution >= 4 is 30.8 Å². The molecular formula is C13H15BFNO5S. The van der Waals surface area contributed by atoms with E-state index in [1.807, 2.05) is 0 Å². The number of hydrogen-bond acceptors (Lipinski definition) is 5. The summed E-state index contributed by atoms with van der Waals surface area (Å²) in [6, 6.07) is 1.18. The third-order valence-corrected chi connectivity index (χ3v) is 3.96. The summed E-state index contributed by atoms with van der Waals surface area (Å²) in [6.07, 6.45) is 1.86. The molecule has 0 spiro atoms. The molecule has 0 unspecified atom stereocenters. The van der Waals surface area contributed by atoms with Gasteiger partial charge in [0, 0.05) is 5.56 Å². The average Bonchev–Trinajstić information content (AvgIpc) is 2.42. The van der Waals surface area contributed by atoms with Gasteiger partial charge in [-0.3, -0.25) is 4.79 Å². The van der Waals surface area contributed by atoms with E-state index >= 15 is 0 Å². The fourth-order valence-corrected chi connectivity index (χ4v) is 2.71. The minimum atomic E-state index is -1.39. The van der Waals surface area contributed by atoms with E-state index in [1.165, 1.54) is 24.8 Å². The van der Waals surface area contributed by atoms with Crippen LogP contribution in [0.4, 0.5) is 4.39 Å². The van der Waals surface area contributed by atoms with Crippen molar-refractivity contribution < 1.29 is 28.8 Å². The van der Waals surface area contributed by atoms with Gasteiger partial charge >= 0.3 is 13.1 Å². The van der Waals surface area contributed by atoms with Crippen molar-refractivity contribution in [3.8, 4) is 5.75 Å². The number of hydrogen-bond donors (Lipinski definition) is 3. The lowest BCUT2D eigenvalue weighted by molar-refractivity contribution is -0.118. The number of rotatable bonds is 4. The molecule has 0 saturated carbocycles. The lowest BCUT2D eigenvalue weighted by Gasteiger charge is -2.29. The maximum absolute atomic E-state index is 13.9. The maximum atomic E-state index is 13.9. The number of fused-ring (bicyclic) bond motifs is 1. The Kier molecular flexibility index (Phi) is 4.97. The highest BCUT2D eigenvalue weighted by Crippen LogP contribution is 2.34. The lowest BCUT2D eigenvalue weighted by Crippen LogP contribution is -2.53. The second kappa shape index (κ2) is 6.57. The van der Waals surface area contributed by atoms with Crippen LogP contribution in [0.25, 0.3) is 0 Å². The molecule has 0 fully saturated rings. The first kappa shape index (κ1) is 16.6. The molecule has 1 aliphatic rings. The number of carbonyl (C=O) groups is 2. The fourth-order valence-electron chi connectivity index (χ4n) is 2.36. The molecule has 3 N–H and O–H groups in total. The molecule has 6 nitrogen and oxygen atoms in total. The minimum absolute atomic E-state index is 0.0470. The third-order valence-electron chi connectivity index (χ3n) is 3.41. The van der Waals surface area contributed by atoms with Gasteiger partial charge in [0.05, 0.1) is 11.7 Å². The molecule has 1 atom stereocenters. The van der Waals surface area contributed by atoms with Crippen LogP contribution in [0, 0.1) is 12.7 Å². The van der Waals surface area contributed by atoms with Crippen molar-refractivity contribution in [3.63, 3.8) is 0 Å². The molecule has 9 heteroatoms. The molecule has 0 saturated heterocycles. The summed E-state index contributed by atoms with van der Waals surface area (Å²) < 4.78 is 19.1. The van der Waals surface area contributed by atoms with Crippen molar-refractivity contribution in [2.24, 2.45) is 0 Å². The van der Waals surface area contributed by atoms with Gasteiger partial charge in [-0.1, -0.05) is 0 Å². The van der Waals surface area contributed by atoms with Crippen LogP contribution in [0.3, 0.4) is 0 Å². The zero-order valence-corrected chi connectivity index (χ0v) is 12.9. The Bertz CT molecular complexity index is 627. The van der Waals surface area contributed by atoms with Gasteiger partial charge < -0.3 is 20.1 Å². The number of aromatic carboxylic acids is 1. The summed E-state index contributed by atoms with van der Waals surface area (Å²) in [5.74, 6) is -2.85. The average molecular weight is 327 g/mol. The number of nitrogens with one attached hydrogen (secondary N) is 1. The van der Waals surface area contributed by atoms with Crippen LogP contribution in [-0.4, -0.2) is 47.1 Å². The number of halogens is 1. The Labute approximate surface area is 131 Å². The van der Waals surface area contributed by atoms with Crippen molar-refractivity contribution in [1.29, 1.82) is 0 Å². The van der Waals surface area contributed by atoms with E-state index in [-0.39, 0.29) is 35.0 Å². The Morgan fingerprint density at radius 3 is 2.86 bits per heavy atom. The molecule has 22 heavy (non-hydrogen) atoms. The van der Waals surface area contributed by atoms with Crippen LogP contribution >= 0.6 is 11.8 Å². The van der Waals surface area contributed by atoms with Gasteiger partial charge in [0.25, 0.3) is 0 Å². The standard InChI is InChI=1S/C13H15BFNO5S/c1-6-8(15)3-7-4-9(16-10(17)5-22-2)14(20)21-12(7)11(6)13(18)19/h3,9,20H,4-5H2,1-2H3,(H,16,17)(H,18,19)/t9-/m0/s1. The van der Waals surface area contributed by atoms with Gasteiger partial charge in [0.15, 0.2) is 0 Å². The zero-order valence-electron chi connectivity index (χ0n) is 12.1. The molecule has 0 aromatic heterocycles. The number of benzene rings is 1. The maximum Gasteiger partial charge on any atom is 0.547 e. The first-order valence-corrected chi connectivity index (χ1v) is 7.92. The molecule has 1 aliphatic heterocycles. The van der Waals surface area contributed by atoms with Crippen LogP contribution in [0.2, 0.25) is 0 Å². The monoisotopic (exact) mass is 327 g/mol. The highest BCUT2D eigenvalue weighted by molar-refractivity contribution is 7.99. The van der Waals surface area contributed by atoms with E-state index in [2.05, 4.69) is 5.32 Å². The van der Waals surface area contributed by atoms with E-state index in [9.17, 15) is 24.1 Å². The van der Waals surface area contributed by atoms with Gasteiger partial charge in [-0.05, 0) is 31.2 Å². The second-order valence-electron chi connectivity index (χ2n) is 4.97. The first-order valence-electron chi connectivity index (χ1n) is 6.53. The smallest absolute Gasteiger partial charge is 0.534 e. The summed E-state index contributed by atoms with van der Waals surface area (Å²) in [6.45, 7) is 1.33. The Balaban J connectivity index is 2.34. The van der Waals surface area contributed by atoms with Gasteiger partial charge in [-0.15, -0.1) is 0 Å². The molecule has 1 aromatic carbocycles. The number of carbonyl (C=O) groups excluding carboxylic acids is 1. The summed E-state index contributed by atoms with van der Waals surface area (Å²) in [4.78, 5) is 22.9.